The maximum Gasteiger partial charge on any atom is 0.290 e. The van der Waals surface area contributed by atoms with Crippen LogP contribution in [0, 0.1) is 6.92 Å². The molecule has 0 aliphatic carbocycles. The molecule has 0 aliphatic rings. The van der Waals surface area contributed by atoms with Crippen LogP contribution in [-0.4, -0.2) is 11.9 Å². The molecular formula is C25H27NO4. The van der Waals surface area contributed by atoms with E-state index in [2.05, 4.69) is 31.8 Å². The van der Waals surface area contributed by atoms with Crippen molar-refractivity contribution in [2.24, 2.45) is 0 Å². The highest BCUT2D eigenvalue weighted by Gasteiger charge is 2.16. The Morgan fingerprint density at radius 3 is 2.77 bits per heavy atom. The second kappa shape index (κ2) is 9.83. The van der Waals surface area contributed by atoms with Gasteiger partial charge in [0.05, 0.1) is 12.3 Å². The Morgan fingerprint density at radius 2 is 2.07 bits per heavy atom. The molecule has 0 saturated heterocycles. The highest BCUT2D eigenvalue weighted by molar-refractivity contribution is 5.92. The van der Waals surface area contributed by atoms with Crippen LogP contribution in [0.25, 0.3) is 6.08 Å². The Bertz CT molecular complexity index is 1010. The zero-order valence-electron chi connectivity index (χ0n) is 17.6. The van der Waals surface area contributed by atoms with Crippen molar-refractivity contribution in [2.75, 3.05) is 0 Å². The van der Waals surface area contributed by atoms with Gasteiger partial charge in [-0.15, -0.1) is 6.58 Å². The third-order valence-electron chi connectivity index (χ3n) is 4.67. The molecule has 3 aromatic rings. The van der Waals surface area contributed by atoms with Gasteiger partial charge in [0.15, 0.2) is 5.76 Å². The van der Waals surface area contributed by atoms with Crippen LogP contribution in [0.2, 0.25) is 0 Å². The minimum atomic E-state index is -0.326. The lowest BCUT2D eigenvalue weighted by Gasteiger charge is -2.12. The summed E-state index contributed by atoms with van der Waals surface area (Å²) in [6, 6.07) is 12.8. The van der Waals surface area contributed by atoms with Crippen molar-refractivity contribution in [2.45, 2.75) is 39.2 Å². The quantitative estimate of drug-likeness (QED) is 0.414. The molecule has 1 atom stereocenters. The van der Waals surface area contributed by atoms with E-state index in [1.165, 1.54) is 5.56 Å². The zero-order valence-corrected chi connectivity index (χ0v) is 17.6. The summed E-state index contributed by atoms with van der Waals surface area (Å²) in [5.74, 6) is 1.95. The Balaban J connectivity index is 1.68. The fourth-order valence-electron chi connectivity index (χ4n) is 2.89. The first-order valence-corrected chi connectivity index (χ1v) is 9.98. The Kier molecular flexibility index (Phi) is 6.96. The van der Waals surface area contributed by atoms with E-state index in [4.69, 9.17) is 13.6 Å². The maximum atomic E-state index is 12.6. The molecule has 156 valence electrons. The molecule has 1 amide bonds. The van der Waals surface area contributed by atoms with Crippen molar-refractivity contribution in [3.63, 3.8) is 0 Å². The molecule has 5 nitrogen and oxygen atoms in total. The molecule has 1 N–H and O–H groups in total. The van der Waals surface area contributed by atoms with Gasteiger partial charge >= 0.3 is 0 Å². The lowest BCUT2D eigenvalue weighted by Crippen LogP contribution is -2.32. The van der Waals surface area contributed by atoms with E-state index in [0.29, 0.717) is 23.8 Å². The van der Waals surface area contributed by atoms with Gasteiger partial charge in [-0.2, -0.15) is 0 Å². The fourth-order valence-corrected chi connectivity index (χ4v) is 2.89. The predicted molar refractivity (Wildman–Crippen MR) is 118 cm³/mol. The summed E-state index contributed by atoms with van der Waals surface area (Å²) in [6.45, 7) is 9.98. The normalized spacial score (nSPS) is 12.3. The molecule has 0 aliphatic heterocycles. The number of benzene rings is 1. The Labute approximate surface area is 177 Å². The SMILES string of the molecule is C=CCC(C=Cc1ccco1)NC(=O)c1ccc(Oc2cc(C(C)C)ccc2C)o1. The van der Waals surface area contributed by atoms with Crippen LogP contribution in [0.1, 0.15) is 53.6 Å². The summed E-state index contributed by atoms with van der Waals surface area (Å²) in [6.07, 6.45) is 7.60. The van der Waals surface area contributed by atoms with Crippen LogP contribution in [0.3, 0.4) is 0 Å². The molecule has 1 unspecified atom stereocenters. The van der Waals surface area contributed by atoms with Gasteiger partial charge in [-0.25, -0.2) is 0 Å². The number of amides is 1. The third kappa shape index (κ3) is 5.54. The molecule has 2 aromatic heterocycles. The van der Waals surface area contributed by atoms with Crippen molar-refractivity contribution < 1.29 is 18.4 Å². The zero-order chi connectivity index (χ0) is 21.5. The summed E-state index contributed by atoms with van der Waals surface area (Å²) in [5.41, 5.74) is 2.17. The van der Waals surface area contributed by atoms with E-state index in [9.17, 15) is 4.79 Å². The number of hydrogen-bond acceptors (Lipinski definition) is 4. The minimum absolute atomic E-state index is 0.183. The summed E-state index contributed by atoms with van der Waals surface area (Å²) in [5, 5.41) is 2.92. The van der Waals surface area contributed by atoms with Gasteiger partial charge in [0, 0.05) is 6.07 Å². The molecule has 0 saturated carbocycles. The molecule has 2 heterocycles. The summed E-state index contributed by atoms with van der Waals surface area (Å²) in [7, 11) is 0. The minimum Gasteiger partial charge on any atom is -0.465 e. The van der Waals surface area contributed by atoms with Crippen molar-refractivity contribution >= 4 is 12.0 Å². The van der Waals surface area contributed by atoms with Crippen LogP contribution in [0.4, 0.5) is 0 Å². The monoisotopic (exact) mass is 405 g/mol. The fraction of sp³-hybridized carbons (Fsp3) is 0.240. The van der Waals surface area contributed by atoms with Crippen molar-refractivity contribution in [1.82, 2.24) is 5.32 Å². The number of carbonyl (C=O) groups is 1. The number of ether oxygens (including phenoxy) is 1. The molecule has 0 radical (unpaired) electrons. The summed E-state index contributed by atoms with van der Waals surface area (Å²) < 4.78 is 16.8. The molecule has 5 heteroatoms. The smallest absolute Gasteiger partial charge is 0.290 e. The van der Waals surface area contributed by atoms with Crippen LogP contribution < -0.4 is 10.1 Å². The molecule has 30 heavy (non-hydrogen) atoms. The van der Waals surface area contributed by atoms with Gasteiger partial charge in [-0.1, -0.05) is 38.1 Å². The number of rotatable bonds is 9. The Hall–Kier alpha value is -3.47. The van der Waals surface area contributed by atoms with Gasteiger partial charge in [0.25, 0.3) is 11.9 Å². The first-order chi connectivity index (χ1) is 14.5. The van der Waals surface area contributed by atoms with Gasteiger partial charge in [-0.05, 0) is 60.7 Å². The van der Waals surface area contributed by atoms with E-state index in [-0.39, 0.29) is 23.7 Å². The average Bonchev–Trinajstić information content (AvgIpc) is 3.40. The third-order valence-corrected chi connectivity index (χ3v) is 4.67. The van der Waals surface area contributed by atoms with Crippen molar-refractivity contribution in [1.29, 1.82) is 0 Å². The lowest BCUT2D eigenvalue weighted by molar-refractivity contribution is 0.0912. The van der Waals surface area contributed by atoms with Crippen LogP contribution in [-0.2, 0) is 0 Å². The first-order valence-electron chi connectivity index (χ1n) is 9.98. The molecule has 0 fully saturated rings. The number of carbonyl (C=O) groups excluding carboxylic acids is 1. The second-order valence-electron chi connectivity index (χ2n) is 7.38. The van der Waals surface area contributed by atoms with Gasteiger partial charge in [-0.3, -0.25) is 4.79 Å². The predicted octanol–water partition coefficient (Wildman–Crippen LogP) is 6.48. The molecule has 1 aromatic carbocycles. The number of nitrogens with one attached hydrogen (secondary N) is 1. The average molecular weight is 405 g/mol. The van der Waals surface area contributed by atoms with E-state index in [1.54, 1.807) is 24.5 Å². The van der Waals surface area contributed by atoms with Crippen LogP contribution >= 0.6 is 0 Å². The summed E-state index contributed by atoms with van der Waals surface area (Å²) >= 11 is 0. The van der Waals surface area contributed by atoms with E-state index < -0.39 is 0 Å². The standard InChI is InChI=1S/C25H27NO4/c1-5-7-20(11-12-21-8-6-15-28-21)26-25(27)22-13-14-24(29-22)30-23-16-19(17(2)3)10-9-18(23)4/h5-6,8-17,20H,1,7H2,2-4H3,(H,26,27). The van der Waals surface area contributed by atoms with Gasteiger partial charge in [0.2, 0.25) is 0 Å². The van der Waals surface area contributed by atoms with Crippen LogP contribution in [0.5, 0.6) is 11.7 Å². The number of hydrogen-bond donors (Lipinski definition) is 1. The van der Waals surface area contributed by atoms with E-state index in [0.717, 1.165) is 5.56 Å². The Morgan fingerprint density at radius 1 is 1.23 bits per heavy atom. The summed E-state index contributed by atoms with van der Waals surface area (Å²) in [4.78, 5) is 12.6. The van der Waals surface area contributed by atoms with E-state index in [1.807, 2.05) is 43.3 Å². The van der Waals surface area contributed by atoms with E-state index >= 15 is 0 Å². The van der Waals surface area contributed by atoms with Crippen LogP contribution in [0.15, 0.2) is 76.3 Å². The largest absolute Gasteiger partial charge is 0.465 e. The lowest BCUT2D eigenvalue weighted by atomic mass is 10.0. The van der Waals surface area contributed by atoms with Crippen molar-refractivity contribution in [3.05, 3.63) is 90.1 Å². The van der Waals surface area contributed by atoms with Crippen molar-refractivity contribution in [3.8, 4) is 11.7 Å². The van der Waals surface area contributed by atoms with Gasteiger partial charge in [0.1, 0.15) is 11.5 Å². The second-order valence-corrected chi connectivity index (χ2v) is 7.38. The topological polar surface area (TPSA) is 64.6 Å². The number of aryl methyl sites for hydroxylation is 1. The van der Waals surface area contributed by atoms with Gasteiger partial charge < -0.3 is 18.9 Å². The molecular weight excluding hydrogens is 378 g/mol. The first kappa shape index (κ1) is 21.2. The molecule has 0 spiro atoms. The highest BCUT2D eigenvalue weighted by atomic mass is 16.6. The number of furan rings is 2. The molecule has 3 rings (SSSR count). The maximum absolute atomic E-state index is 12.6. The highest BCUT2D eigenvalue weighted by Crippen LogP contribution is 2.29. The molecule has 0 bridgehead atoms.